The van der Waals surface area contributed by atoms with Crippen molar-refractivity contribution in [1.29, 1.82) is 0 Å². The molecule has 0 aliphatic carbocycles. The molecule has 178 valence electrons. The van der Waals surface area contributed by atoms with Crippen molar-refractivity contribution in [1.82, 2.24) is 4.90 Å². The number of methoxy groups -OCH3 is 1. The van der Waals surface area contributed by atoms with Gasteiger partial charge in [0, 0.05) is 41.2 Å². The maximum absolute atomic E-state index is 13.2. The number of aryl methyl sites for hydroxylation is 3. The zero-order valence-electron chi connectivity index (χ0n) is 21.1. The van der Waals surface area contributed by atoms with Crippen molar-refractivity contribution in [3.8, 4) is 16.9 Å². The predicted molar refractivity (Wildman–Crippen MR) is 142 cm³/mol. The largest absolute Gasteiger partial charge is 0.496 e. The number of ether oxygens (including phenoxy) is 1. The molecule has 35 heavy (non-hydrogen) atoms. The van der Waals surface area contributed by atoms with Gasteiger partial charge in [-0.05, 0) is 68.0 Å². The van der Waals surface area contributed by atoms with Crippen LogP contribution < -0.4 is 4.74 Å². The van der Waals surface area contributed by atoms with Crippen LogP contribution in [-0.4, -0.2) is 24.5 Å². The van der Waals surface area contributed by atoms with Crippen LogP contribution in [0.25, 0.3) is 27.7 Å². The average molecular weight is 466 g/mol. The fraction of sp³-hybridized carbons (Fsp3) is 0.258. The Kier molecular flexibility index (Phi) is 5.98. The first-order chi connectivity index (χ1) is 16.9. The molecule has 0 bridgehead atoms. The molecular weight excluding hydrogens is 434 g/mol. The fourth-order valence-corrected chi connectivity index (χ4v) is 5.23. The summed E-state index contributed by atoms with van der Waals surface area (Å²) in [5.41, 5.74) is 10.7. The maximum atomic E-state index is 13.2. The van der Waals surface area contributed by atoms with Gasteiger partial charge in [0.25, 0.3) is 0 Å². The Bertz CT molecular complexity index is 1470. The Hall–Kier alpha value is -3.79. The summed E-state index contributed by atoms with van der Waals surface area (Å²) >= 11 is 0. The van der Waals surface area contributed by atoms with Gasteiger partial charge in [-0.25, -0.2) is 0 Å². The number of benzene rings is 3. The minimum absolute atomic E-state index is 0.0265. The first-order valence-electron chi connectivity index (χ1n) is 12.1. The summed E-state index contributed by atoms with van der Waals surface area (Å²) in [5.74, 6) is 0.767. The number of allylic oxidation sites excluding steroid dienone is 1. The Morgan fingerprint density at radius 3 is 2.54 bits per heavy atom. The van der Waals surface area contributed by atoms with Crippen LogP contribution in [0.1, 0.15) is 40.3 Å². The van der Waals surface area contributed by atoms with Gasteiger partial charge >= 0.3 is 0 Å². The molecule has 0 saturated carbocycles. The van der Waals surface area contributed by atoms with E-state index in [1.807, 2.05) is 31.1 Å². The van der Waals surface area contributed by atoms with E-state index in [2.05, 4.69) is 56.3 Å². The highest BCUT2D eigenvalue weighted by molar-refractivity contribution is 6.02. The molecule has 4 heteroatoms. The van der Waals surface area contributed by atoms with Crippen LogP contribution in [0.3, 0.4) is 0 Å². The zero-order valence-corrected chi connectivity index (χ0v) is 21.1. The van der Waals surface area contributed by atoms with Crippen molar-refractivity contribution in [2.45, 2.75) is 40.7 Å². The van der Waals surface area contributed by atoms with Crippen LogP contribution in [-0.2, 0) is 17.8 Å². The summed E-state index contributed by atoms with van der Waals surface area (Å²) in [7, 11) is 1.67. The molecule has 4 aromatic rings. The highest BCUT2D eigenvalue weighted by Gasteiger charge is 2.22. The van der Waals surface area contributed by atoms with E-state index in [0.717, 1.165) is 57.5 Å². The second-order valence-electron chi connectivity index (χ2n) is 9.53. The second kappa shape index (κ2) is 9.10. The third kappa shape index (κ3) is 4.14. The van der Waals surface area contributed by atoms with Gasteiger partial charge in [0.1, 0.15) is 11.3 Å². The van der Waals surface area contributed by atoms with Gasteiger partial charge in [0.05, 0.1) is 13.4 Å². The third-order valence-corrected chi connectivity index (χ3v) is 7.13. The second-order valence-corrected chi connectivity index (χ2v) is 9.53. The number of hydrogen-bond donors (Lipinski definition) is 0. The summed E-state index contributed by atoms with van der Waals surface area (Å²) in [5, 5.41) is 1.03. The minimum Gasteiger partial charge on any atom is -0.496 e. The Morgan fingerprint density at radius 1 is 1.03 bits per heavy atom. The molecule has 1 amide bonds. The molecule has 1 aliphatic rings. The van der Waals surface area contributed by atoms with E-state index >= 15 is 0 Å². The normalized spacial score (nSPS) is 13.7. The molecule has 0 radical (unpaired) electrons. The molecule has 0 unspecified atom stereocenters. The monoisotopic (exact) mass is 465 g/mol. The molecule has 4 nitrogen and oxygen atoms in total. The average Bonchev–Trinajstić information content (AvgIpc) is 3.27. The van der Waals surface area contributed by atoms with Gasteiger partial charge in [-0.3, -0.25) is 4.79 Å². The van der Waals surface area contributed by atoms with Crippen LogP contribution in [0, 0.1) is 20.8 Å². The molecule has 5 rings (SSSR count). The van der Waals surface area contributed by atoms with E-state index < -0.39 is 0 Å². The summed E-state index contributed by atoms with van der Waals surface area (Å²) in [6.45, 7) is 9.59. The molecule has 0 fully saturated rings. The van der Waals surface area contributed by atoms with Gasteiger partial charge in [-0.1, -0.05) is 48.0 Å². The number of hydrogen-bond acceptors (Lipinski definition) is 3. The Balaban J connectivity index is 1.55. The first-order valence-corrected chi connectivity index (χ1v) is 12.1. The van der Waals surface area contributed by atoms with Crippen molar-refractivity contribution in [3.63, 3.8) is 0 Å². The molecule has 0 saturated heterocycles. The lowest BCUT2D eigenvalue weighted by atomic mass is 9.94. The number of rotatable bonds is 4. The van der Waals surface area contributed by atoms with Crippen molar-refractivity contribution in [2.75, 3.05) is 13.7 Å². The molecular formula is C31H31NO3. The lowest BCUT2D eigenvalue weighted by Crippen LogP contribution is -2.34. The highest BCUT2D eigenvalue weighted by atomic mass is 16.5. The van der Waals surface area contributed by atoms with E-state index in [-0.39, 0.29) is 5.91 Å². The lowest BCUT2D eigenvalue weighted by Gasteiger charge is -2.28. The van der Waals surface area contributed by atoms with Gasteiger partial charge in [-0.2, -0.15) is 0 Å². The quantitative estimate of drug-likeness (QED) is 0.304. The van der Waals surface area contributed by atoms with Crippen molar-refractivity contribution >= 4 is 22.4 Å². The van der Waals surface area contributed by atoms with Crippen LogP contribution in [0.15, 0.2) is 65.3 Å². The molecule has 1 aromatic heterocycles. The molecule has 0 spiro atoms. The smallest absolute Gasteiger partial charge is 0.247 e. The molecule has 0 atom stereocenters. The van der Waals surface area contributed by atoms with E-state index in [0.29, 0.717) is 6.54 Å². The van der Waals surface area contributed by atoms with Gasteiger partial charge in [0.15, 0.2) is 0 Å². The lowest BCUT2D eigenvalue weighted by molar-refractivity contribution is -0.126. The first kappa shape index (κ1) is 23.0. The van der Waals surface area contributed by atoms with Crippen LogP contribution in [0.4, 0.5) is 0 Å². The Labute approximate surface area is 206 Å². The van der Waals surface area contributed by atoms with E-state index in [1.165, 1.54) is 22.3 Å². The SMILES string of the molecule is COc1c(/C(C)=C/C(=O)N2CCc3ccccc3C2)cc2c(-c3ccc(C)cc3C)coc2c1C. The number of furan rings is 1. The third-order valence-electron chi connectivity index (χ3n) is 7.13. The minimum atomic E-state index is 0.0265. The van der Waals surface area contributed by atoms with Gasteiger partial charge in [-0.15, -0.1) is 0 Å². The number of carbonyl (C=O) groups is 1. The number of fused-ring (bicyclic) bond motifs is 2. The highest BCUT2D eigenvalue weighted by Crippen LogP contribution is 2.41. The van der Waals surface area contributed by atoms with Crippen molar-refractivity contribution in [3.05, 3.63) is 94.3 Å². The van der Waals surface area contributed by atoms with E-state index in [1.54, 1.807) is 13.2 Å². The summed E-state index contributed by atoms with van der Waals surface area (Å²) in [6, 6.07) is 16.9. The van der Waals surface area contributed by atoms with Gasteiger partial charge in [0.2, 0.25) is 5.91 Å². The van der Waals surface area contributed by atoms with E-state index in [4.69, 9.17) is 9.15 Å². The molecule has 0 N–H and O–H groups in total. The number of nitrogens with zero attached hydrogens (tertiary/aromatic N) is 1. The van der Waals surface area contributed by atoms with E-state index in [9.17, 15) is 4.79 Å². The number of carbonyl (C=O) groups excluding carboxylic acids is 1. The maximum Gasteiger partial charge on any atom is 0.247 e. The summed E-state index contributed by atoms with van der Waals surface area (Å²) in [6.07, 6.45) is 4.46. The standard InChI is InChI=1S/C31H31NO3/c1-19-10-11-25(20(2)14-19)28-18-35-31-22(4)30(34-5)26(16-27(28)31)21(3)15-29(33)32-13-12-23-8-6-7-9-24(23)17-32/h6-11,14-16,18H,12-13,17H2,1-5H3/b21-15+. The molecule has 2 heterocycles. The van der Waals surface area contributed by atoms with Crippen LogP contribution >= 0.6 is 0 Å². The summed E-state index contributed by atoms with van der Waals surface area (Å²) in [4.78, 5) is 15.2. The Morgan fingerprint density at radius 2 is 1.80 bits per heavy atom. The molecule has 3 aromatic carbocycles. The van der Waals surface area contributed by atoms with Crippen molar-refractivity contribution in [2.24, 2.45) is 0 Å². The van der Waals surface area contributed by atoms with Crippen molar-refractivity contribution < 1.29 is 13.9 Å². The fourth-order valence-electron chi connectivity index (χ4n) is 5.23. The predicted octanol–water partition coefficient (Wildman–Crippen LogP) is 7.02. The van der Waals surface area contributed by atoms with Gasteiger partial charge < -0.3 is 14.1 Å². The van der Waals surface area contributed by atoms with Crippen LogP contribution in [0.2, 0.25) is 0 Å². The number of amides is 1. The van der Waals surface area contributed by atoms with Crippen LogP contribution in [0.5, 0.6) is 5.75 Å². The summed E-state index contributed by atoms with van der Waals surface area (Å²) < 4.78 is 11.8. The topological polar surface area (TPSA) is 42.7 Å². The zero-order chi connectivity index (χ0) is 24.7. The molecule has 1 aliphatic heterocycles.